The van der Waals surface area contributed by atoms with Crippen LogP contribution in [0.15, 0.2) is 12.1 Å². The van der Waals surface area contributed by atoms with Gasteiger partial charge in [-0.3, -0.25) is 0 Å². The second-order valence-corrected chi connectivity index (χ2v) is 5.10. The third kappa shape index (κ3) is 2.27. The first kappa shape index (κ1) is 11.6. The van der Waals surface area contributed by atoms with E-state index in [0.717, 1.165) is 42.4 Å². The lowest BCUT2D eigenvalue weighted by Gasteiger charge is -2.28. The van der Waals surface area contributed by atoms with Crippen LogP contribution in [-0.2, 0) is 0 Å². The maximum Gasteiger partial charge on any atom is 0.127 e. The minimum Gasteiger partial charge on any atom is -0.328 e. The molecule has 1 nitrogen and oxygen atoms in total. The van der Waals surface area contributed by atoms with E-state index < -0.39 is 0 Å². The highest BCUT2D eigenvalue weighted by atomic mass is 19.1. The van der Waals surface area contributed by atoms with E-state index in [0.29, 0.717) is 5.92 Å². The van der Waals surface area contributed by atoms with Crippen LogP contribution >= 0.6 is 0 Å². The van der Waals surface area contributed by atoms with Gasteiger partial charge in [-0.1, -0.05) is 12.5 Å². The third-order valence-corrected chi connectivity index (χ3v) is 3.60. The summed E-state index contributed by atoms with van der Waals surface area (Å²) in [6.45, 7) is 3.94. The van der Waals surface area contributed by atoms with Crippen molar-refractivity contribution in [3.05, 3.63) is 34.6 Å². The second kappa shape index (κ2) is 4.54. The molecule has 2 atom stereocenters. The predicted molar refractivity (Wildman–Crippen MR) is 65.1 cm³/mol. The predicted octanol–water partition coefficient (Wildman–Crippen LogP) is 3.43. The molecule has 1 fully saturated rings. The van der Waals surface area contributed by atoms with Crippen LogP contribution < -0.4 is 5.73 Å². The zero-order chi connectivity index (χ0) is 11.7. The molecule has 2 rings (SSSR count). The summed E-state index contributed by atoms with van der Waals surface area (Å²) in [5.74, 6) is 0.279. The van der Waals surface area contributed by atoms with Crippen LogP contribution in [0.2, 0.25) is 0 Å². The van der Waals surface area contributed by atoms with E-state index in [4.69, 9.17) is 5.73 Å². The van der Waals surface area contributed by atoms with Crippen LogP contribution in [-0.4, -0.2) is 6.04 Å². The fourth-order valence-electron chi connectivity index (χ4n) is 2.93. The highest BCUT2D eigenvalue weighted by Crippen LogP contribution is 2.35. The van der Waals surface area contributed by atoms with E-state index in [1.807, 2.05) is 13.8 Å². The van der Waals surface area contributed by atoms with Gasteiger partial charge in [0, 0.05) is 6.04 Å². The second-order valence-electron chi connectivity index (χ2n) is 5.10. The zero-order valence-corrected chi connectivity index (χ0v) is 10.1. The van der Waals surface area contributed by atoms with Crippen molar-refractivity contribution in [1.82, 2.24) is 0 Å². The number of hydrogen-bond donors (Lipinski definition) is 1. The van der Waals surface area contributed by atoms with Gasteiger partial charge >= 0.3 is 0 Å². The molecular weight excluding hydrogens is 201 g/mol. The quantitative estimate of drug-likeness (QED) is 0.772. The van der Waals surface area contributed by atoms with Crippen LogP contribution in [0.25, 0.3) is 0 Å². The minimum absolute atomic E-state index is 0.0448. The molecule has 0 aromatic heterocycles. The molecule has 0 bridgehead atoms. The van der Waals surface area contributed by atoms with Crippen LogP contribution in [0.1, 0.15) is 48.3 Å². The first-order chi connectivity index (χ1) is 7.58. The van der Waals surface area contributed by atoms with Crippen molar-refractivity contribution >= 4 is 0 Å². The Labute approximate surface area is 96.9 Å². The topological polar surface area (TPSA) is 26.0 Å². The molecule has 16 heavy (non-hydrogen) atoms. The molecule has 0 aliphatic heterocycles. The Morgan fingerprint density at radius 2 is 2.00 bits per heavy atom. The van der Waals surface area contributed by atoms with E-state index in [1.54, 1.807) is 6.07 Å². The summed E-state index contributed by atoms with van der Waals surface area (Å²) in [6.07, 6.45) is 4.22. The lowest BCUT2D eigenvalue weighted by atomic mass is 9.79. The van der Waals surface area contributed by atoms with Gasteiger partial charge in [0.1, 0.15) is 5.82 Å². The highest BCUT2D eigenvalue weighted by Gasteiger charge is 2.24. The van der Waals surface area contributed by atoms with Gasteiger partial charge in [-0.25, -0.2) is 4.39 Å². The largest absolute Gasteiger partial charge is 0.328 e. The van der Waals surface area contributed by atoms with Gasteiger partial charge in [0.15, 0.2) is 0 Å². The molecule has 0 radical (unpaired) electrons. The minimum atomic E-state index is -0.0448. The first-order valence-corrected chi connectivity index (χ1v) is 6.10. The molecule has 1 saturated carbocycles. The van der Waals surface area contributed by atoms with Gasteiger partial charge < -0.3 is 5.73 Å². The maximum atomic E-state index is 14.0. The Hall–Kier alpha value is -0.890. The average molecular weight is 221 g/mol. The van der Waals surface area contributed by atoms with Gasteiger partial charge in [0.25, 0.3) is 0 Å². The van der Waals surface area contributed by atoms with Crippen molar-refractivity contribution in [2.24, 2.45) is 5.73 Å². The van der Waals surface area contributed by atoms with Gasteiger partial charge in [-0.2, -0.15) is 0 Å². The summed E-state index contributed by atoms with van der Waals surface area (Å²) in [4.78, 5) is 0. The van der Waals surface area contributed by atoms with Crippen LogP contribution in [0.5, 0.6) is 0 Å². The Morgan fingerprint density at radius 3 is 2.62 bits per heavy atom. The van der Waals surface area contributed by atoms with Gasteiger partial charge in [0.05, 0.1) is 0 Å². The van der Waals surface area contributed by atoms with Crippen molar-refractivity contribution < 1.29 is 4.39 Å². The van der Waals surface area contributed by atoms with Crippen molar-refractivity contribution in [3.63, 3.8) is 0 Å². The SMILES string of the molecule is Cc1cc(C)c(C2CCCC(N)C2)c(F)c1. The third-order valence-electron chi connectivity index (χ3n) is 3.60. The lowest BCUT2D eigenvalue weighted by molar-refractivity contribution is 0.383. The zero-order valence-electron chi connectivity index (χ0n) is 10.1. The Bertz CT molecular complexity index is 363. The molecule has 0 saturated heterocycles. The molecule has 0 heterocycles. The molecule has 0 spiro atoms. The number of benzene rings is 1. The summed E-state index contributed by atoms with van der Waals surface area (Å²) >= 11 is 0. The molecular formula is C14H20FN. The van der Waals surface area contributed by atoms with Crippen molar-refractivity contribution in [2.75, 3.05) is 0 Å². The Balaban J connectivity index is 2.32. The summed E-state index contributed by atoms with van der Waals surface area (Å²) < 4.78 is 14.0. The van der Waals surface area contributed by atoms with Crippen molar-refractivity contribution in [3.8, 4) is 0 Å². The monoisotopic (exact) mass is 221 g/mol. The summed E-state index contributed by atoms with van der Waals surface area (Å²) in [7, 11) is 0. The van der Waals surface area contributed by atoms with Gasteiger partial charge in [-0.05, 0) is 61.8 Å². The number of aryl methyl sites for hydroxylation is 2. The molecule has 2 N–H and O–H groups in total. The molecule has 1 aliphatic carbocycles. The smallest absolute Gasteiger partial charge is 0.127 e. The molecule has 88 valence electrons. The highest BCUT2D eigenvalue weighted by molar-refractivity contribution is 5.35. The molecule has 1 aromatic carbocycles. The molecule has 1 aromatic rings. The first-order valence-electron chi connectivity index (χ1n) is 6.10. The van der Waals surface area contributed by atoms with E-state index in [9.17, 15) is 4.39 Å². The van der Waals surface area contributed by atoms with E-state index in [-0.39, 0.29) is 11.9 Å². The fourth-order valence-corrected chi connectivity index (χ4v) is 2.93. The Kier molecular flexibility index (Phi) is 3.29. The van der Waals surface area contributed by atoms with E-state index in [1.165, 1.54) is 0 Å². The fraction of sp³-hybridized carbons (Fsp3) is 0.571. The maximum absolute atomic E-state index is 14.0. The number of halogens is 1. The average Bonchev–Trinajstić information content (AvgIpc) is 2.15. The summed E-state index contributed by atoms with van der Waals surface area (Å²) in [5, 5.41) is 0. The normalized spacial score (nSPS) is 25.8. The Morgan fingerprint density at radius 1 is 1.25 bits per heavy atom. The molecule has 0 amide bonds. The van der Waals surface area contributed by atoms with Gasteiger partial charge in [-0.15, -0.1) is 0 Å². The number of hydrogen-bond acceptors (Lipinski definition) is 1. The van der Waals surface area contributed by atoms with Crippen LogP contribution in [0.4, 0.5) is 4.39 Å². The van der Waals surface area contributed by atoms with Crippen molar-refractivity contribution in [2.45, 2.75) is 51.5 Å². The number of rotatable bonds is 1. The van der Waals surface area contributed by atoms with Crippen molar-refractivity contribution in [1.29, 1.82) is 0 Å². The number of nitrogens with two attached hydrogens (primary N) is 1. The molecule has 1 aliphatic rings. The van der Waals surface area contributed by atoms with E-state index in [2.05, 4.69) is 6.07 Å². The summed E-state index contributed by atoms with van der Waals surface area (Å²) in [5.41, 5.74) is 8.95. The van der Waals surface area contributed by atoms with Crippen LogP contribution in [0, 0.1) is 19.7 Å². The molecule has 2 heteroatoms. The van der Waals surface area contributed by atoms with Crippen LogP contribution in [0.3, 0.4) is 0 Å². The standard InChI is InChI=1S/C14H20FN/c1-9-6-10(2)14(13(15)7-9)11-4-3-5-12(16)8-11/h6-7,11-12H,3-5,8,16H2,1-2H3. The summed E-state index contributed by atoms with van der Waals surface area (Å²) in [6, 6.07) is 3.96. The van der Waals surface area contributed by atoms with E-state index >= 15 is 0 Å². The van der Waals surface area contributed by atoms with Gasteiger partial charge in [0.2, 0.25) is 0 Å². The lowest BCUT2D eigenvalue weighted by Crippen LogP contribution is -2.27. The molecule has 2 unspecified atom stereocenters.